The van der Waals surface area contributed by atoms with E-state index < -0.39 is 12.1 Å². The van der Waals surface area contributed by atoms with Gasteiger partial charge in [0, 0.05) is 6.54 Å². The second-order valence-corrected chi connectivity index (χ2v) is 3.14. The topological polar surface area (TPSA) is 78.4 Å². The van der Waals surface area contributed by atoms with Crippen LogP contribution >= 0.6 is 0 Å². The molecule has 1 rings (SSSR count). The van der Waals surface area contributed by atoms with Crippen LogP contribution < -0.4 is 10.6 Å². The van der Waals surface area contributed by atoms with E-state index in [2.05, 4.69) is 10.6 Å². The first-order valence-corrected chi connectivity index (χ1v) is 4.47. The molecule has 2 amide bonds. The molecule has 1 aliphatic rings. The van der Waals surface area contributed by atoms with Crippen molar-refractivity contribution in [3.8, 4) is 0 Å². The minimum atomic E-state index is -1.14. The summed E-state index contributed by atoms with van der Waals surface area (Å²) in [4.78, 5) is 21.6. The third-order valence-electron chi connectivity index (χ3n) is 2.08. The molecule has 0 aromatic carbocycles. The maximum Gasteiger partial charge on any atom is 0.405 e. The van der Waals surface area contributed by atoms with Crippen molar-refractivity contribution in [2.75, 3.05) is 6.54 Å². The van der Waals surface area contributed by atoms with E-state index in [0.717, 1.165) is 19.3 Å². The molecule has 1 aliphatic heterocycles. The Morgan fingerprint density at radius 2 is 2.23 bits per heavy atom. The fourth-order valence-corrected chi connectivity index (χ4v) is 1.40. The summed E-state index contributed by atoms with van der Waals surface area (Å²) < 4.78 is 0. The van der Waals surface area contributed by atoms with Crippen LogP contribution in [0, 0.1) is 0 Å². The number of hydrogen-bond acceptors (Lipinski definition) is 2. The molecule has 0 aromatic rings. The van der Waals surface area contributed by atoms with Crippen molar-refractivity contribution < 1.29 is 14.7 Å². The lowest BCUT2D eigenvalue weighted by Crippen LogP contribution is -2.47. The van der Waals surface area contributed by atoms with Gasteiger partial charge >= 0.3 is 6.09 Å². The molecular weight excluding hydrogens is 172 g/mol. The van der Waals surface area contributed by atoms with Crippen LogP contribution in [-0.4, -0.2) is 29.7 Å². The SMILES string of the molecule is O=C(O)NC1CCCCCNC1=O. The van der Waals surface area contributed by atoms with Crippen LogP contribution in [0.3, 0.4) is 0 Å². The largest absolute Gasteiger partial charge is 0.465 e. The lowest BCUT2D eigenvalue weighted by atomic mass is 10.1. The van der Waals surface area contributed by atoms with Gasteiger partial charge in [-0.2, -0.15) is 0 Å². The highest BCUT2D eigenvalue weighted by Gasteiger charge is 2.20. The maximum absolute atomic E-state index is 11.3. The van der Waals surface area contributed by atoms with E-state index >= 15 is 0 Å². The number of amides is 2. The summed E-state index contributed by atoms with van der Waals surface area (Å²) in [6.45, 7) is 0.649. The predicted octanol–water partition coefficient (Wildman–Crippen LogP) is 0.313. The Labute approximate surface area is 76.5 Å². The van der Waals surface area contributed by atoms with Crippen molar-refractivity contribution in [1.82, 2.24) is 10.6 Å². The lowest BCUT2D eigenvalue weighted by molar-refractivity contribution is -0.123. The van der Waals surface area contributed by atoms with Gasteiger partial charge in [0.05, 0.1) is 0 Å². The summed E-state index contributed by atoms with van der Waals surface area (Å²) in [6.07, 6.45) is 2.38. The van der Waals surface area contributed by atoms with Crippen LogP contribution in [0.1, 0.15) is 25.7 Å². The van der Waals surface area contributed by atoms with E-state index in [-0.39, 0.29) is 5.91 Å². The van der Waals surface area contributed by atoms with Crippen molar-refractivity contribution in [2.24, 2.45) is 0 Å². The molecule has 5 heteroatoms. The maximum atomic E-state index is 11.3. The summed E-state index contributed by atoms with van der Waals surface area (Å²) in [5, 5.41) is 13.3. The van der Waals surface area contributed by atoms with E-state index in [1.54, 1.807) is 0 Å². The Morgan fingerprint density at radius 3 is 2.92 bits per heavy atom. The molecule has 0 saturated carbocycles. The number of nitrogens with one attached hydrogen (secondary N) is 2. The standard InChI is InChI=1S/C8H14N2O3/c11-7-6(10-8(12)13)4-2-1-3-5-9-7/h6,10H,1-5H2,(H,9,11)(H,12,13). The minimum absolute atomic E-state index is 0.206. The van der Waals surface area contributed by atoms with Crippen molar-refractivity contribution in [1.29, 1.82) is 0 Å². The van der Waals surface area contributed by atoms with E-state index in [1.807, 2.05) is 0 Å². The van der Waals surface area contributed by atoms with E-state index in [1.165, 1.54) is 0 Å². The van der Waals surface area contributed by atoms with Gasteiger partial charge in [-0.3, -0.25) is 4.79 Å². The van der Waals surface area contributed by atoms with E-state index in [0.29, 0.717) is 13.0 Å². The third kappa shape index (κ3) is 3.31. The van der Waals surface area contributed by atoms with Gasteiger partial charge in [-0.05, 0) is 12.8 Å². The molecule has 0 bridgehead atoms. The molecule has 1 saturated heterocycles. The van der Waals surface area contributed by atoms with Crippen LogP contribution in [0.5, 0.6) is 0 Å². The van der Waals surface area contributed by atoms with Gasteiger partial charge in [-0.25, -0.2) is 4.79 Å². The molecule has 1 unspecified atom stereocenters. The van der Waals surface area contributed by atoms with Gasteiger partial charge in [0.2, 0.25) is 5.91 Å². The zero-order chi connectivity index (χ0) is 9.68. The highest BCUT2D eigenvalue weighted by molar-refractivity contribution is 5.85. The Kier molecular flexibility index (Phi) is 3.54. The highest BCUT2D eigenvalue weighted by Crippen LogP contribution is 2.06. The van der Waals surface area contributed by atoms with Crippen molar-refractivity contribution in [3.63, 3.8) is 0 Å². The van der Waals surface area contributed by atoms with Crippen LogP contribution in [0.15, 0.2) is 0 Å². The molecule has 1 fully saturated rings. The van der Waals surface area contributed by atoms with Crippen LogP contribution in [0.2, 0.25) is 0 Å². The molecule has 0 spiro atoms. The average Bonchev–Trinajstić information content (AvgIpc) is 2.04. The van der Waals surface area contributed by atoms with Crippen molar-refractivity contribution in [3.05, 3.63) is 0 Å². The molecule has 74 valence electrons. The van der Waals surface area contributed by atoms with Gasteiger partial charge in [0.15, 0.2) is 0 Å². The second kappa shape index (κ2) is 4.69. The highest BCUT2D eigenvalue weighted by atomic mass is 16.4. The summed E-state index contributed by atoms with van der Waals surface area (Å²) in [5.74, 6) is -0.206. The number of rotatable bonds is 1. The smallest absolute Gasteiger partial charge is 0.405 e. The van der Waals surface area contributed by atoms with Gasteiger partial charge in [-0.1, -0.05) is 12.8 Å². The number of carbonyl (C=O) groups is 2. The molecule has 13 heavy (non-hydrogen) atoms. The first-order valence-electron chi connectivity index (χ1n) is 4.47. The zero-order valence-electron chi connectivity index (χ0n) is 7.38. The normalized spacial score (nSPS) is 24.0. The Hall–Kier alpha value is -1.26. The van der Waals surface area contributed by atoms with Gasteiger partial charge in [0.25, 0.3) is 0 Å². The van der Waals surface area contributed by atoms with E-state index in [4.69, 9.17) is 5.11 Å². The number of hydrogen-bond donors (Lipinski definition) is 3. The monoisotopic (exact) mass is 186 g/mol. The Bertz CT molecular complexity index is 206. The second-order valence-electron chi connectivity index (χ2n) is 3.14. The average molecular weight is 186 g/mol. The van der Waals surface area contributed by atoms with Crippen molar-refractivity contribution in [2.45, 2.75) is 31.7 Å². The molecule has 1 atom stereocenters. The third-order valence-corrected chi connectivity index (χ3v) is 2.08. The summed E-state index contributed by atoms with van der Waals surface area (Å²) in [7, 11) is 0. The first kappa shape index (κ1) is 9.83. The first-order chi connectivity index (χ1) is 6.20. The Balaban J connectivity index is 2.46. The van der Waals surface area contributed by atoms with Crippen LogP contribution in [0.4, 0.5) is 4.79 Å². The lowest BCUT2D eigenvalue weighted by Gasteiger charge is -2.19. The molecule has 0 radical (unpaired) electrons. The molecule has 0 aliphatic carbocycles. The van der Waals surface area contributed by atoms with Gasteiger partial charge in [0.1, 0.15) is 6.04 Å². The quantitative estimate of drug-likeness (QED) is 0.551. The fourth-order valence-electron chi connectivity index (χ4n) is 1.40. The number of carbonyl (C=O) groups excluding carboxylic acids is 1. The molecule has 0 aromatic heterocycles. The van der Waals surface area contributed by atoms with Crippen molar-refractivity contribution >= 4 is 12.0 Å². The van der Waals surface area contributed by atoms with E-state index in [9.17, 15) is 9.59 Å². The summed E-state index contributed by atoms with van der Waals surface area (Å²) in [5.41, 5.74) is 0. The number of carboxylic acid groups (broad SMARTS) is 1. The molecular formula is C8H14N2O3. The summed E-state index contributed by atoms with van der Waals surface area (Å²) in [6, 6.07) is -0.571. The predicted molar refractivity (Wildman–Crippen MR) is 46.4 cm³/mol. The van der Waals surface area contributed by atoms with Gasteiger partial charge in [-0.15, -0.1) is 0 Å². The summed E-state index contributed by atoms with van der Waals surface area (Å²) >= 11 is 0. The molecule has 1 heterocycles. The Morgan fingerprint density at radius 1 is 1.46 bits per heavy atom. The fraction of sp³-hybridized carbons (Fsp3) is 0.750. The van der Waals surface area contributed by atoms with Crippen LogP contribution in [-0.2, 0) is 4.79 Å². The minimum Gasteiger partial charge on any atom is -0.465 e. The zero-order valence-corrected chi connectivity index (χ0v) is 7.38. The van der Waals surface area contributed by atoms with Gasteiger partial charge < -0.3 is 15.7 Å². The van der Waals surface area contributed by atoms with Crippen LogP contribution in [0.25, 0.3) is 0 Å². The molecule has 3 N–H and O–H groups in total. The molecule has 5 nitrogen and oxygen atoms in total.